The van der Waals surface area contributed by atoms with Crippen LogP contribution in [-0.4, -0.2) is 55.8 Å². The number of methoxy groups -OCH3 is 1. The molecule has 1 saturated heterocycles. The number of fused-ring (bicyclic) bond motifs is 1. The normalized spacial score (nSPS) is 16.9. The van der Waals surface area contributed by atoms with Gasteiger partial charge in [-0.2, -0.15) is 0 Å². The Hall–Kier alpha value is -2.85. The van der Waals surface area contributed by atoms with E-state index >= 15 is 0 Å². The first kappa shape index (κ1) is 19.5. The highest BCUT2D eigenvalue weighted by molar-refractivity contribution is 7.92. The molecule has 154 valence electrons. The van der Waals surface area contributed by atoms with Crippen molar-refractivity contribution in [1.29, 1.82) is 0 Å². The van der Waals surface area contributed by atoms with Crippen LogP contribution in [0.25, 0.3) is 11.0 Å². The number of nitrogen functional groups attached to an aromatic ring is 1. The molecule has 3 N–H and O–H groups in total. The standard InChI is InChI=1S/C19H23N5O4S/c1-19(2)10-24(8-9-28-19)18-15-14(21-11-22-18)16(17(20)23-15)29(25,26)13-6-4-12(27-3)5-7-13/h4-7,11,23H,8-10,20H2,1-3H3. The van der Waals surface area contributed by atoms with E-state index in [9.17, 15) is 8.42 Å². The second-order valence-corrected chi connectivity index (χ2v) is 9.38. The minimum Gasteiger partial charge on any atom is -0.497 e. The lowest BCUT2D eigenvalue weighted by Gasteiger charge is -2.38. The van der Waals surface area contributed by atoms with Crippen LogP contribution in [-0.2, 0) is 14.6 Å². The fourth-order valence-electron chi connectivity index (χ4n) is 3.56. The smallest absolute Gasteiger partial charge is 0.212 e. The highest BCUT2D eigenvalue weighted by Gasteiger charge is 2.32. The van der Waals surface area contributed by atoms with Crippen molar-refractivity contribution in [3.63, 3.8) is 0 Å². The summed E-state index contributed by atoms with van der Waals surface area (Å²) in [6.45, 7) is 5.79. The number of sulfone groups is 1. The van der Waals surface area contributed by atoms with E-state index in [1.54, 1.807) is 12.1 Å². The van der Waals surface area contributed by atoms with Gasteiger partial charge in [0.2, 0.25) is 9.84 Å². The molecule has 0 aliphatic carbocycles. The second kappa shape index (κ2) is 6.89. The predicted molar refractivity (Wildman–Crippen MR) is 109 cm³/mol. The molecule has 0 saturated carbocycles. The Kier molecular flexibility index (Phi) is 4.62. The number of hydrogen-bond donors (Lipinski definition) is 2. The van der Waals surface area contributed by atoms with Gasteiger partial charge in [-0.25, -0.2) is 18.4 Å². The molecule has 3 heterocycles. The maximum atomic E-state index is 13.3. The lowest BCUT2D eigenvalue weighted by Crippen LogP contribution is -2.48. The number of rotatable bonds is 4. The molecule has 9 nitrogen and oxygen atoms in total. The SMILES string of the molecule is COc1ccc(S(=O)(=O)c2c(N)[nH]c3c(N4CCOC(C)(C)C4)ncnc23)cc1. The zero-order valence-electron chi connectivity index (χ0n) is 16.5. The van der Waals surface area contributed by atoms with Crippen LogP contribution in [0.3, 0.4) is 0 Å². The molecule has 0 radical (unpaired) electrons. The summed E-state index contributed by atoms with van der Waals surface area (Å²) in [7, 11) is -2.37. The molecule has 0 bridgehead atoms. The first-order valence-corrected chi connectivity index (χ1v) is 10.6. The van der Waals surface area contributed by atoms with Crippen LogP contribution in [0.4, 0.5) is 11.6 Å². The molecule has 0 atom stereocenters. The van der Waals surface area contributed by atoms with Gasteiger partial charge < -0.3 is 25.1 Å². The van der Waals surface area contributed by atoms with Crippen LogP contribution >= 0.6 is 0 Å². The number of aromatic nitrogens is 3. The molecule has 0 spiro atoms. The molecule has 29 heavy (non-hydrogen) atoms. The van der Waals surface area contributed by atoms with Gasteiger partial charge >= 0.3 is 0 Å². The number of H-pyrrole nitrogens is 1. The average Bonchev–Trinajstić information content (AvgIpc) is 3.03. The molecule has 1 aliphatic heterocycles. The Balaban J connectivity index is 1.83. The number of benzene rings is 1. The van der Waals surface area contributed by atoms with Gasteiger partial charge in [0.05, 0.1) is 24.2 Å². The molecule has 0 amide bonds. The van der Waals surface area contributed by atoms with Crippen molar-refractivity contribution in [2.75, 3.05) is 37.4 Å². The fraction of sp³-hybridized carbons (Fsp3) is 0.368. The number of nitrogens with zero attached hydrogens (tertiary/aromatic N) is 3. The quantitative estimate of drug-likeness (QED) is 0.661. The maximum absolute atomic E-state index is 13.3. The highest BCUT2D eigenvalue weighted by atomic mass is 32.2. The average molecular weight is 417 g/mol. The number of morpholine rings is 1. The number of ether oxygens (including phenoxy) is 2. The zero-order valence-corrected chi connectivity index (χ0v) is 17.3. The number of hydrogen-bond acceptors (Lipinski definition) is 8. The lowest BCUT2D eigenvalue weighted by atomic mass is 10.1. The minimum absolute atomic E-state index is 0.0325. The Bertz CT molecular complexity index is 1160. The lowest BCUT2D eigenvalue weighted by molar-refractivity contribution is -0.0278. The van der Waals surface area contributed by atoms with Crippen LogP contribution in [0.5, 0.6) is 5.75 Å². The van der Waals surface area contributed by atoms with Crippen LogP contribution in [0, 0.1) is 0 Å². The van der Waals surface area contributed by atoms with E-state index in [0.29, 0.717) is 36.8 Å². The summed E-state index contributed by atoms with van der Waals surface area (Å²) in [6, 6.07) is 6.15. The van der Waals surface area contributed by atoms with Gasteiger partial charge in [-0.05, 0) is 38.1 Å². The third-order valence-corrected chi connectivity index (χ3v) is 6.75. The summed E-state index contributed by atoms with van der Waals surface area (Å²) in [5, 5.41) is 0. The molecule has 2 aromatic heterocycles. The van der Waals surface area contributed by atoms with E-state index in [2.05, 4.69) is 15.0 Å². The van der Waals surface area contributed by atoms with Gasteiger partial charge in [0.1, 0.15) is 33.8 Å². The molecule has 1 aromatic carbocycles. The first-order chi connectivity index (χ1) is 13.7. The van der Waals surface area contributed by atoms with Crippen LogP contribution < -0.4 is 15.4 Å². The third kappa shape index (κ3) is 3.38. The van der Waals surface area contributed by atoms with Gasteiger partial charge in [-0.3, -0.25) is 0 Å². The van der Waals surface area contributed by atoms with Crippen LogP contribution in [0.1, 0.15) is 13.8 Å². The maximum Gasteiger partial charge on any atom is 0.212 e. The number of anilines is 2. The van der Waals surface area contributed by atoms with Crippen LogP contribution in [0.2, 0.25) is 0 Å². The monoisotopic (exact) mass is 417 g/mol. The second-order valence-electron chi connectivity index (χ2n) is 7.50. The van der Waals surface area contributed by atoms with Crippen LogP contribution in [0.15, 0.2) is 40.4 Å². The van der Waals surface area contributed by atoms with E-state index in [1.807, 2.05) is 18.7 Å². The van der Waals surface area contributed by atoms with Gasteiger partial charge in [0.25, 0.3) is 0 Å². The molecule has 10 heteroatoms. The third-order valence-electron chi connectivity index (χ3n) is 4.91. The minimum atomic E-state index is -3.89. The van der Waals surface area contributed by atoms with Crippen molar-refractivity contribution in [3.8, 4) is 5.75 Å². The zero-order chi connectivity index (χ0) is 20.8. The van der Waals surface area contributed by atoms with E-state index in [4.69, 9.17) is 15.2 Å². The summed E-state index contributed by atoms with van der Waals surface area (Å²) >= 11 is 0. The molecular weight excluding hydrogens is 394 g/mol. The van der Waals surface area contributed by atoms with Crippen molar-refractivity contribution in [2.45, 2.75) is 29.2 Å². The largest absolute Gasteiger partial charge is 0.497 e. The first-order valence-electron chi connectivity index (χ1n) is 9.13. The van der Waals surface area contributed by atoms with E-state index < -0.39 is 9.84 Å². The molecular formula is C19H23N5O4S. The number of aromatic amines is 1. The Morgan fingerprint density at radius 3 is 2.62 bits per heavy atom. The highest BCUT2D eigenvalue weighted by Crippen LogP contribution is 2.36. The van der Waals surface area contributed by atoms with Gasteiger partial charge in [-0.15, -0.1) is 0 Å². The van der Waals surface area contributed by atoms with E-state index in [1.165, 1.54) is 25.6 Å². The molecule has 4 rings (SSSR count). The van der Waals surface area contributed by atoms with Crippen molar-refractivity contribution >= 4 is 32.5 Å². The summed E-state index contributed by atoms with van der Waals surface area (Å²) in [5.41, 5.74) is 6.54. The summed E-state index contributed by atoms with van der Waals surface area (Å²) in [5.74, 6) is 1.20. The number of nitrogens with two attached hydrogens (primary N) is 1. The van der Waals surface area contributed by atoms with E-state index in [-0.39, 0.29) is 26.7 Å². The van der Waals surface area contributed by atoms with Crippen molar-refractivity contribution in [3.05, 3.63) is 30.6 Å². The Morgan fingerprint density at radius 1 is 1.24 bits per heavy atom. The van der Waals surface area contributed by atoms with Crippen molar-refractivity contribution in [1.82, 2.24) is 15.0 Å². The van der Waals surface area contributed by atoms with Gasteiger partial charge in [-0.1, -0.05) is 0 Å². The molecule has 0 unspecified atom stereocenters. The molecule has 3 aromatic rings. The van der Waals surface area contributed by atoms with Gasteiger partial charge in [0, 0.05) is 13.1 Å². The number of nitrogens with one attached hydrogen (secondary N) is 1. The van der Waals surface area contributed by atoms with Crippen molar-refractivity contribution < 1.29 is 17.9 Å². The summed E-state index contributed by atoms with van der Waals surface area (Å²) in [4.78, 5) is 13.7. The predicted octanol–water partition coefficient (Wildman–Crippen LogP) is 2.00. The Morgan fingerprint density at radius 2 is 1.97 bits per heavy atom. The van der Waals surface area contributed by atoms with E-state index in [0.717, 1.165) is 0 Å². The summed E-state index contributed by atoms with van der Waals surface area (Å²) < 4.78 is 37.4. The fourth-order valence-corrected chi connectivity index (χ4v) is 5.04. The summed E-state index contributed by atoms with van der Waals surface area (Å²) in [6.07, 6.45) is 1.36. The topological polar surface area (TPSA) is 123 Å². The Labute approximate surface area is 168 Å². The van der Waals surface area contributed by atoms with Crippen molar-refractivity contribution in [2.24, 2.45) is 0 Å². The molecule has 1 fully saturated rings. The molecule has 1 aliphatic rings. The van der Waals surface area contributed by atoms with Gasteiger partial charge in [0.15, 0.2) is 5.82 Å².